The second-order valence-corrected chi connectivity index (χ2v) is 12.4. The maximum atomic E-state index is 13.8. The van der Waals surface area contributed by atoms with Crippen LogP contribution >= 0.6 is 0 Å². The van der Waals surface area contributed by atoms with Gasteiger partial charge >= 0.3 is 11.9 Å². The van der Waals surface area contributed by atoms with Crippen LogP contribution in [0.5, 0.6) is 5.75 Å². The number of hydrogen-bond acceptors (Lipinski definition) is 8. The third kappa shape index (κ3) is 7.95. The number of methoxy groups -OCH3 is 1. The Hall–Kier alpha value is -4.40. The monoisotopic (exact) mass is 637 g/mol. The molecule has 0 amide bonds. The van der Waals surface area contributed by atoms with Gasteiger partial charge in [0, 0.05) is 44.1 Å². The fourth-order valence-corrected chi connectivity index (χ4v) is 6.60. The van der Waals surface area contributed by atoms with Crippen molar-refractivity contribution in [1.29, 1.82) is 0 Å². The molecule has 1 unspecified atom stereocenters. The lowest BCUT2D eigenvalue weighted by Gasteiger charge is -2.39. The molecule has 0 aliphatic carbocycles. The zero-order valence-corrected chi connectivity index (χ0v) is 28.5. The molecule has 2 heterocycles. The molecule has 0 spiro atoms. The largest absolute Gasteiger partial charge is 0.497 e. The Bertz CT molecular complexity index is 1570. The van der Waals surface area contributed by atoms with E-state index in [1.54, 1.807) is 14.0 Å². The van der Waals surface area contributed by atoms with Crippen molar-refractivity contribution in [1.82, 2.24) is 15.1 Å². The van der Waals surface area contributed by atoms with E-state index in [4.69, 9.17) is 14.2 Å². The molecule has 2 aliphatic rings. The summed E-state index contributed by atoms with van der Waals surface area (Å²) in [5.74, 6) is -0.926. The number of piperazine rings is 1. The van der Waals surface area contributed by atoms with Gasteiger partial charge in [-0.05, 0) is 63.4 Å². The second kappa shape index (κ2) is 15.5. The SMILES string of the molecule is CCOC(=O)C1=C(C)NC(C)=C(C(=O)OCCN2CCN(C(c3ccc(C)cc3)c3ccc(C)cc3)CC2)C1c1cccc(OC)c1. The van der Waals surface area contributed by atoms with E-state index in [-0.39, 0.29) is 19.3 Å². The van der Waals surface area contributed by atoms with Gasteiger partial charge in [0.25, 0.3) is 0 Å². The molecule has 0 saturated carbocycles. The maximum absolute atomic E-state index is 13.8. The normalized spacial score (nSPS) is 17.5. The highest BCUT2D eigenvalue weighted by Crippen LogP contribution is 2.40. The first-order valence-electron chi connectivity index (χ1n) is 16.5. The number of aryl methyl sites for hydroxylation is 2. The molecule has 248 valence electrons. The highest BCUT2D eigenvalue weighted by molar-refractivity contribution is 6.00. The number of ether oxygens (including phenoxy) is 3. The molecule has 0 bridgehead atoms. The number of hydrogen-bond donors (Lipinski definition) is 1. The van der Waals surface area contributed by atoms with Gasteiger partial charge in [-0.25, -0.2) is 9.59 Å². The number of nitrogens with zero attached hydrogens (tertiary/aromatic N) is 2. The van der Waals surface area contributed by atoms with E-state index >= 15 is 0 Å². The molecule has 1 N–H and O–H groups in total. The summed E-state index contributed by atoms with van der Waals surface area (Å²) in [7, 11) is 1.59. The van der Waals surface area contributed by atoms with Crippen molar-refractivity contribution in [3.63, 3.8) is 0 Å². The number of allylic oxidation sites excluding steroid dienone is 2. The Morgan fingerprint density at radius 1 is 0.787 bits per heavy atom. The summed E-state index contributed by atoms with van der Waals surface area (Å²) >= 11 is 0. The Morgan fingerprint density at radius 2 is 1.34 bits per heavy atom. The lowest BCUT2D eigenvalue weighted by Crippen LogP contribution is -2.48. The predicted molar refractivity (Wildman–Crippen MR) is 184 cm³/mol. The van der Waals surface area contributed by atoms with Crippen molar-refractivity contribution in [2.45, 2.75) is 46.6 Å². The van der Waals surface area contributed by atoms with Crippen molar-refractivity contribution in [2.75, 3.05) is 53.0 Å². The van der Waals surface area contributed by atoms with Crippen molar-refractivity contribution >= 4 is 11.9 Å². The number of esters is 2. The fourth-order valence-electron chi connectivity index (χ4n) is 6.60. The molecule has 0 aromatic heterocycles. The van der Waals surface area contributed by atoms with Crippen LogP contribution in [0.25, 0.3) is 0 Å². The summed E-state index contributed by atoms with van der Waals surface area (Å²) in [6.45, 7) is 14.3. The van der Waals surface area contributed by atoms with Gasteiger partial charge in [0.1, 0.15) is 12.4 Å². The third-order valence-corrected chi connectivity index (χ3v) is 9.10. The minimum absolute atomic E-state index is 0.184. The van der Waals surface area contributed by atoms with Crippen LogP contribution in [0.2, 0.25) is 0 Å². The number of nitrogens with one attached hydrogen (secondary N) is 1. The number of carbonyl (C=O) groups is 2. The van der Waals surface area contributed by atoms with Crippen LogP contribution in [-0.2, 0) is 19.1 Å². The summed E-state index contributed by atoms with van der Waals surface area (Å²) in [5.41, 5.74) is 7.95. The average Bonchev–Trinajstić information content (AvgIpc) is 3.07. The van der Waals surface area contributed by atoms with Crippen LogP contribution in [0, 0.1) is 13.8 Å². The van der Waals surface area contributed by atoms with Gasteiger partial charge in [-0.3, -0.25) is 9.80 Å². The van der Waals surface area contributed by atoms with Crippen LogP contribution in [-0.4, -0.2) is 74.8 Å². The Morgan fingerprint density at radius 3 is 1.87 bits per heavy atom. The van der Waals surface area contributed by atoms with Crippen LogP contribution in [0.15, 0.2) is 95.3 Å². The minimum Gasteiger partial charge on any atom is -0.497 e. The smallest absolute Gasteiger partial charge is 0.336 e. The molecule has 3 aromatic carbocycles. The van der Waals surface area contributed by atoms with Crippen LogP contribution in [0.1, 0.15) is 60.5 Å². The first kappa shape index (κ1) is 33.9. The van der Waals surface area contributed by atoms with E-state index in [1.807, 2.05) is 38.1 Å². The molecule has 3 aromatic rings. The number of rotatable bonds is 11. The van der Waals surface area contributed by atoms with Crippen molar-refractivity contribution in [3.05, 3.63) is 123 Å². The Labute approximate surface area is 279 Å². The van der Waals surface area contributed by atoms with Gasteiger partial charge < -0.3 is 19.5 Å². The summed E-state index contributed by atoms with van der Waals surface area (Å²) in [5, 5.41) is 3.23. The zero-order valence-electron chi connectivity index (χ0n) is 28.5. The quantitative estimate of drug-likeness (QED) is 0.254. The zero-order chi connectivity index (χ0) is 33.5. The standard InChI is InChI=1S/C39H47N3O5/c1-7-46-38(43)34-28(4)40-29(5)35(36(34)32-9-8-10-33(25-32)45-6)39(44)47-24-23-41-19-21-42(22-20-41)37(30-15-11-26(2)12-16-30)31-17-13-27(3)14-18-31/h8-18,25,36-37,40H,7,19-24H2,1-6H3. The van der Waals surface area contributed by atoms with Crippen molar-refractivity contribution in [2.24, 2.45) is 0 Å². The molecule has 47 heavy (non-hydrogen) atoms. The van der Waals surface area contributed by atoms with Crippen LogP contribution in [0.4, 0.5) is 0 Å². The Kier molecular flexibility index (Phi) is 11.2. The first-order chi connectivity index (χ1) is 22.7. The molecule has 1 fully saturated rings. The van der Waals surface area contributed by atoms with Crippen LogP contribution < -0.4 is 10.1 Å². The van der Waals surface area contributed by atoms with Gasteiger partial charge in [-0.1, -0.05) is 71.8 Å². The topological polar surface area (TPSA) is 80.3 Å². The molecule has 0 radical (unpaired) electrons. The van der Waals surface area contributed by atoms with E-state index in [9.17, 15) is 9.59 Å². The molecule has 2 aliphatic heterocycles. The summed E-state index contributed by atoms with van der Waals surface area (Å²) in [4.78, 5) is 31.9. The predicted octanol–water partition coefficient (Wildman–Crippen LogP) is 6.06. The number of benzene rings is 3. The van der Waals surface area contributed by atoms with Crippen molar-refractivity contribution in [3.8, 4) is 5.75 Å². The van der Waals surface area contributed by atoms with Crippen LogP contribution in [0.3, 0.4) is 0 Å². The Balaban J connectivity index is 1.25. The van der Waals surface area contributed by atoms with Gasteiger partial charge in [-0.15, -0.1) is 0 Å². The van der Waals surface area contributed by atoms with Gasteiger partial charge in [0.05, 0.1) is 36.8 Å². The molecular formula is C39H47N3O5. The molecule has 8 heteroatoms. The fraction of sp³-hybridized carbons (Fsp3) is 0.385. The van der Waals surface area contributed by atoms with Gasteiger partial charge in [0.15, 0.2) is 0 Å². The van der Waals surface area contributed by atoms with E-state index in [1.165, 1.54) is 22.3 Å². The molecule has 8 nitrogen and oxygen atoms in total. The number of carbonyl (C=O) groups excluding carboxylic acids is 2. The summed E-state index contributed by atoms with van der Waals surface area (Å²) in [6.07, 6.45) is 0. The van der Waals surface area contributed by atoms with E-state index < -0.39 is 17.9 Å². The molecule has 5 rings (SSSR count). The highest BCUT2D eigenvalue weighted by Gasteiger charge is 2.38. The molecule has 1 atom stereocenters. The molecule has 1 saturated heterocycles. The lowest BCUT2D eigenvalue weighted by molar-refractivity contribution is -0.140. The first-order valence-corrected chi connectivity index (χ1v) is 16.5. The third-order valence-electron chi connectivity index (χ3n) is 9.10. The van der Waals surface area contributed by atoms with Crippen molar-refractivity contribution < 1.29 is 23.8 Å². The maximum Gasteiger partial charge on any atom is 0.336 e. The average molecular weight is 638 g/mol. The van der Waals surface area contributed by atoms with Gasteiger partial charge in [-0.2, -0.15) is 0 Å². The molecular weight excluding hydrogens is 590 g/mol. The highest BCUT2D eigenvalue weighted by atomic mass is 16.5. The summed E-state index contributed by atoms with van der Waals surface area (Å²) in [6, 6.07) is 25.3. The minimum atomic E-state index is -0.651. The van der Waals surface area contributed by atoms with Gasteiger partial charge in [0.2, 0.25) is 0 Å². The summed E-state index contributed by atoms with van der Waals surface area (Å²) < 4.78 is 16.8. The number of dihydropyridines is 1. The van der Waals surface area contributed by atoms with E-state index in [2.05, 4.69) is 77.5 Å². The van der Waals surface area contributed by atoms with E-state index in [0.29, 0.717) is 34.8 Å². The van der Waals surface area contributed by atoms with E-state index in [0.717, 1.165) is 31.7 Å². The lowest BCUT2D eigenvalue weighted by atomic mass is 9.80. The second-order valence-electron chi connectivity index (χ2n) is 12.4.